The number of ether oxygens (including phenoxy) is 1. The standard InChI is InChI=1S/C19H28N2O5S/c1-15(2)13-20-18(22)14-26-19(23)12-16-6-8-17(9-7-16)27(24,25)21-10-4-3-5-11-21/h6-9,15H,3-5,10-14H2,1-2H3,(H,20,22). The van der Waals surface area contributed by atoms with Crippen LogP contribution in [0.2, 0.25) is 0 Å². The van der Waals surface area contributed by atoms with Gasteiger partial charge in [0.25, 0.3) is 5.91 Å². The zero-order chi connectivity index (χ0) is 19.9. The Balaban J connectivity index is 1.86. The van der Waals surface area contributed by atoms with E-state index in [-0.39, 0.29) is 23.8 Å². The number of rotatable bonds is 8. The van der Waals surface area contributed by atoms with E-state index >= 15 is 0 Å². The molecule has 0 aromatic heterocycles. The number of hydrogen-bond donors (Lipinski definition) is 1. The van der Waals surface area contributed by atoms with Crippen LogP contribution in [0.3, 0.4) is 0 Å². The quantitative estimate of drug-likeness (QED) is 0.676. The van der Waals surface area contributed by atoms with E-state index in [1.807, 2.05) is 13.8 Å². The van der Waals surface area contributed by atoms with Crippen LogP contribution in [0.25, 0.3) is 0 Å². The Labute approximate surface area is 161 Å². The molecule has 1 N–H and O–H groups in total. The third kappa shape index (κ3) is 6.62. The Morgan fingerprint density at radius 3 is 2.33 bits per heavy atom. The first-order chi connectivity index (χ1) is 12.8. The highest BCUT2D eigenvalue weighted by molar-refractivity contribution is 7.89. The molecule has 1 aromatic carbocycles. The summed E-state index contributed by atoms with van der Waals surface area (Å²) in [6, 6.07) is 6.25. The molecule has 2 rings (SSSR count). The first kappa shape index (κ1) is 21.4. The minimum atomic E-state index is -3.48. The fourth-order valence-electron chi connectivity index (χ4n) is 2.77. The van der Waals surface area contributed by atoms with Gasteiger partial charge in [0.1, 0.15) is 0 Å². The van der Waals surface area contributed by atoms with Crippen LogP contribution in [-0.2, 0) is 30.8 Å². The molecular weight excluding hydrogens is 368 g/mol. The van der Waals surface area contributed by atoms with Gasteiger partial charge in [-0.2, -0.15) is 4.31 Å². The van der Waals surface area contributed by atoms with E-state index in [0.29, 0.717) is 31.1 Å². The van der Waals surface area contributed by atoms with Crippen molar-refractivity contribution in [3.05, 3.63) is 29.8 Å². The fraction of sp³-hybridized carbons (Fsp3) is 0.579. The highest BCUT2D eigenvalue weighted by Gasteiger charge is 2.25. The minimum Gasteiger partial charge on any atom is -0.455 e. The molecule has 1 saturated heterocycles. The molecule has 8 heteroatoms. The Bertz CT molecular complexity index is 738. The molecule has 1 amide bonds. The molecule has 0 unspecified atom stereocenters. The van der Waals surface area contributed by atoms with E-state index in [1.54, 1.807) is 12.1 Å². The van der Waals surface area contributed by atoms with Crippen LogP contribution in [0, 0.1) is 5.92 Å². The second kappa shape index (κ2) is 9.85. The number of nitrogens with one attached hydrogen (secondary N) is 1. The molecule has 0 atom stereocenters. The van der Waals surface area contributed by atoms with E-state index in [0.717, 1.165) is 19.3 Å². The maximum absolute atomic E-state index is 12.6. The summed E-state index contributed by atoms with van der Waals surface area (Å²) < 4.78 is 31.7. The number of piperidine rings is 1. The molecule has 1 fully saturated rings. The maximum Gasteiger partial charge on any atom is 0.310 e. The van der Waals surface area contributed by atoms with Gasteiger partial charge in [-0.15, -0.1) is 0 Å². The summed E-state index contributed by atoms with van der Waals surface area (Å²) in [5, 5.41) is 2.67. The molecule has 0 spiro atoms. The van der Waals surface area contributed by atoms with Crippen molar-refractivity contribution in [3.8, 4) is 0 Å². The number of amides is 1. The van der Waals surface area contributed by atoms with Crippen molar-refractivity contribution >= 4 is 21.9 Å². The van der Waals surface area contributed by atoms with Crippen LogP contribution in [0.4, 0.5) is 0 Å². The average molecular weight is 397 g/mol. The molecular formula is C19H28N2O5S. The first-order valence-corrected chi connectivity index (χ1v) is 10.7. The highest BCUT2D eigenvalue weighted by atomic mass is 32.2. The summed E-state index contributed by atoms with van der Waals surface area (Å²) in [7, 11) is -3.48. The molecule has 1 aromatic rings. The molecule has 1 aliphatic rings. The van der Waals surface area contributed by atoms with Gasteiger partial charge in [0.15, 0.2) is 6.61 Å². The normalized spacial score (nSPS) is 15.5. The van der Waals surface area contributed by atoms with Crippen molar-refractivity contribution in [1.29, 1.82) is 0 Å². The van der Waals surface area contributed by atoms with Crippen LogP contribution in [0.5, 0.6) is 0 Å². The van der Waals surface area contributed by atoms with Gasteiger partial charge in [0.05, 0.1) is 11.3 Å². The Hall–Kier alpha value is -1.93. The lowest BCUT2D eigenvalue weighted by Crippen LogP contribution is -2.35. The molecule has 0 aliphatic carbocycles. The number of carbonyl (C=O) groups excluding carboxylic acids is 2. The predicted molar refractivity (Wildman–Crippen MR) is 102 cm³/mol. The topological polar surface area (TPSA) is 92.8 Å². The molecule has 7 nitrogen and oxygen atoms in total. The van der Waals surface area contributed by atoms with Gasteiger partial charge in [-0.05, 0) is 36.5 Å². The van der Waals surface area contributed by atoms with Crippen molar-refractivity contribution in [2.75, 3.05) is 26.2 Å². The first-order valence-electron chi connectivity index (χ1n) is 9.30. The van der Waals surface area contributed by atoms with Gasteiger partial charge in [0, 0.05) is 19.6 Å². The van der Waals surface area contributed by atoms with Crippen LogP contribution in [-0.4, -0.2) is 50.8 Å². The van der Waals surface area contributed by atoms with E-state index in [9.17, 15) is 18.0 Å². The Kier molecular flexibility index (Phi) is 7.79. The number of esters is 1. The third-order valence-electron chi connectivity index (χ3n) is 4.30. The van der Waals surface area contributed by atoms with Gasteiger partial charge in [-0.1, -0.05) is 32.4 Å². The lowest BCUT2D eigenvalue weighted by molar-refractivity contribution is -0.147. The van der Waals surface area contributed by atoms with E-state index in [2.05, 4.69) is 5.32 Å². The summed E-state index contributed by atoms with van der Waals surface area (Å²) >= 11 is 0. The predicted octanol–water partition coefficient (Wildman–Crippen LogP) is 1.72. The fourth-order valence-corrected chi connectivity index (χ4v) is 4.28. The average Bonchev–Trinajstić information content (AvgIpc) is 2.66. The number of benzene rings is 1. The zero-order valence-electron chi connectivity index (χ0n) is 15.9. The zero-order valence-corrected chi connectivity index (χ0v) is 16.8. The minimum absolute atomic E-state index is 0.0124. The van der Waals surface area contributed by atoms with Crippen LogP contribution in [0.1, 0.15) is 38.7 Å². The molecule has 150 valence electrons. The molecule has 27 heavy (non-hydrogen) atoms. The van der Waals surface area contributed by atoms with Crippen molar-refractivity contribution in [2.45, 2.75) is 44.4 Å². The highest BCUT2D eigenvalue weighted by Crippen LogP contribution is 2.21. The van der Waals surface area contributed by atoms with Crippen molar-refractivity contribution in [1.82, 2.24) is 9.62 Å². The van der Waals surface area contributed by atoms with Crippen molar-refractivity contribution < 1.29 is 22.7 Å². The molecule has 0 bridgehead atoms. The van der Waals surface area contributed by atoms with Gasteiger partial charge in [0.2, 0.25) is 10.0 Å². The number of carbonyl (C=O) groups is 2. The van der Waals surface area contributed by atoms with E-state index < -0.39 is 16.0 Å². The van der Waals surface area contributed by atoms with Crippen LogP contribution in [0.15, 0.2) is 29.2 Å². The van der Waals surface area contributed by atoms with Crippen LogP contribution < -0.4 is 5.32 Å². The Morgan fingerprint density at radius 2 is 1.74 bits per heavy atom. The number of hydrogen-bond acceptors (Lipinski definition) is 5. The number of sulfonamides is 1. The number of nitrogens with zero attached hydrogens (tertiary/aromatic N) is 1. The van der Waals surface area contributed by atoms with Gasteiger partial charge in [-0.3, -0.25) is 9.59 Å². The van der Waals surface area contributed by atoms with E-state index in [4.69, 9.17) is 4.74 Å². The van der Waals surface area contributed by atoms with Crippen molar-refractivity contribution in [2.24, 2.45) is 5.92 Å². The molecule has 1 heterocycles. The smallest absolute Gasteiger partial charge is 0.310 e. The Morgan fingerprint density at radius 1 is 1.11 bits per heavy atom. The van der Waals surface area contributed by atoms with E-state index in [1.165, 1.54) is 16.4 Å². The van der Waals surface area contributed by atoms with Gasteiger partial charge in [-0.25, -0.2) is 8.42 Å². The largest absolute Gasteiger partial charge is 0.455 e. The summed E-state index contributed by atoms with van der Waals surface area (Å²) in [6.45, 7) is 5.27. The molecule has 0 saturated carbocycles. The summed E-state index contributed by atoms with van der Waals surface area (Å²) in [4.78, 5) is 23.6. The second-order valence-corrected chi connectivity index (χ2v) is 9.08. The van der Waals surface area contributed by atoms with Gasteiger partial charge < -0.3 is 10.1 Å². The monoisotopic (exact) mass is 396 g/mol. The lowest BCUT2D eigenvalue weighted by Gasteiger charge is -2.25. The second-order valence-electron chi connectivity index (χ2n) is 7.14. The molecule has 1 aliphatic heterocycles. The maximum atomic E-state index is 12.6. The summed E-state index contributed by atoms with van der Waals surface area (Å²) in [5.74, 6) is -0.536. The summed E-state index contributed by atoms with van der Waals surface area (Å²) in [5.41, 5.74) is 0.639. The van der Waals surface area contributed by atoms with Crippen LogP contribution >= 0.6 is 0 Å². The third-order valence-corrected chi connectivity index (χ3v) is 6.21. The summed E-state index contributed by atoms with van der Waals surface area (Å²) in [6.07, 6.45) is 2.81. The van der Waals surface area contributed by atoms with Gasteiger partial charge >= 0.3 is 5.97 Å². The lowest BCUT2D eigenvalue weighted by atomic mass is 10.1. The molecule has 0 radical (unpaired) electrons. The van der Waals surface area contributed by atoms with Crippen molar-refractivity contribution in [3.63, 3.8) is 0 Å². The SMILES string of the molecule is CC(C)CNC(=O)COC(=O)Cc1ccc(S(=O)(=O)N2CCCCC2)cc1.